The molecule has 13 heavy (non-hydrogen) atoms. The second-order valence-electron chi connectivity index (χ2n) is 3.00. The maximum Gasteiger partial charge on any atom is 0.130 e. The molecule has 2 aromatic rings. The van der Waals surface area contributed by atoms with Crippen molar-refractivity contribution in [2.75, 3.05) is 5.73 Å². The Bertz CT molecular complexity index is 466. The lowest BCUT2D eigenvalue weighted by Crippen LogP contribution is -1.91. The number of fused-ring (bicyclic) bond motifs is 1. The lowest BCUT2D eigenvalue weighted by molar-refractivity contribution is 1.37. The van der Waals surface area contributed by atoms with E-state index in [-0.39, 0.29) is 0 Å². The van der Waals surface area contributed by atoms with E-state index in [1.54, 1.807) is 0 Å². The number of hydrogen-bond acceptors (Lipinski definition) is 2. The average Bonchev–Trinajstić information content (AvgIpc) is 2.02. The van der Waals surface area contributed by atoms with Crippen molar-refractivity contribution in [3.8, 4) is 0 Å². The molecule has 2 nitrogen and oxygen atoms in total. The summed E-state index contributed by atoms with van der Waals surface area (Å²) in [4.78, 5) is 4.18. The molecule has 0 radical (unpaired) electrons. The van der Waals surface area contributed by atoms with Gasteiger partial charge in [0.05, 0.1) is 5.52 Å². The van der Waals surface area contributed by atoms with Gasteiger partial charge in [-0.05, 0) is 30.7 Å². The van der Waals surface area contributed by atoms with E-state index in [0.717, 1.165) is 22.2 Å². The number of rotatable bonds is 0. The molecule has 2 rings (SSSR count). The summed E-state index contributed by atoms with van der Waals surface area (Å²) < 4.78 is 0. The molecular formula is C10H9ClN2. The number of benzene rings is 1. The summed E-state index contributed by atoms with van der Waals surface area (Å²) in [5.41, 5.74) is 8.49. The Morgan fingerprint density at radius 2 is 2.15 bits per heavy atom. The van der Waals surface area contributed by atoms with Gasteiger partial charge in [0.25, 0.3) is 0 Å². The smallest absolute Gasteiger partial charge is 0.130 e. The molecule has 0 aliphatic rings. The van der Waals surface area contributed by atoms with Crippen LogP contribution in [0.25, 0.3) is 10.9 Å². The van der Waals surface area contributed by atoms with E-state index < -0.39 is 0 Å². The molecule has 1 aromatic heterocycles. The molecule has 0 atom stereocenters. The van der Waals surface area contributed by atoms with Gasteiger partial charge in [-0.1, -0.05) is 17.7 Å². The molecule has 0 spiro atoms. The van der Waals surface area contributed by atoms with Crippen molar-refractivity contribution in [1.29, 1.82) is 0 Å². The van der Waals surface area contributed by atoms with Crippen LogP contribution in [0.5, 0.6) is 0 Å². The SMILES string of the molecule is Cc1cc(Cl)nc2cccc(N)c12. The van der Waals surface area contributed by atoms with Gasteiger partial charge in [-0.2, -0.15) is 0 Å². The largest absolute Gasteiger partial charge is 0.398 e. The fraction of sp³-hybridized carbons (Fsp3) is 0.100. The molecule has 1 aromatic carbocycles. The lowest BCUT2D eigenvalue weighted by Gasteiger charge is -2.04. The van der Waals surface area contributed by atoms with E-state index in [9.17, 15) is 0 Å². The summed E-state index contributed by atoms with van der Waals surface area (Å²) in [7, 11) is 0. The van der Waals surface area contributed by atoms with Crippen molar-refractivity contribution in [2.45, 2.75) is 6.92 Å². The van der Waals surface area contributed by atoms with Gasteiger partial charge in [-0.25, -0.2) is 4.98 Å². The molecule has 0 aliphatic heterocycles. The van der Waals surface area contributed by atoms with Crippen LogP contribution in [0.2, 0.25) is 5.15 Å². The molecule has 0 saturated carbocycles. The van der Waals surface area contributed by atoms with Gasteiger partial charge in [0.2, 0.25) is 0 Å². The Morgan fingerprint density at radius 1 is 1.38 bits per heavy atom. The highest BCUT2D eigenvalue weighted by Crippen LogP contribution is 2.24. The van der Waals surface area contributed by atoms with Gasteiger partial charge in [0, 0.05) is 11.1 Å². The third-order valence-electron chi connectivity index (χ3n) is 2.03. The molecule has 0 aliphatic carbocycles. The van der Waals surface area contributed by atoms with Crippen LogP contribution < -0.4 is 5.73 Å². The topological polar surface area (TPSA) is 38.9 Å². The molecule has 3 heteroatoms. The first-order chi connectivity index (χ1) is 6.18. The fourth-order valence-electron chi connectivity index (χ4n) is 1.48. The predicted octanol–water partition coefficient (Wildman–Crippen LogP) is 2.78. The van der Waals surface area contributed by atoms with Gasteiger partial charge < -0.3 is 5.73 Å². The standard InChI is InChI=1S/C10H9ClN2/c1-6-5-9(11)13-8-4-2-3-7(12)10(6)8/h2-5H,12H2,1H3. The maximum absolute atomic E-state index is 5.82. The number of nitrogen functional groups attached to an aromatic ring is 1. The normalized spacial score (nSPS) is 10.6. The summed E-state index contributed by atoms with van der Waals surface area (Å²) in [6.07, 6.45) is 0. The summed E-state index contributed by atoms with van der Waals surface area (Å²) in [6, 6.07) is 7.47. The zero-order chi connectivity index (χ0) is 9.42. The molecular weight excluding hydrogens is 184 g/mol. The quantitative estimate of drug-likeness (QED) is 0.515. The molecule has 0 amide bonds. The van der Waals surface area contributed by atoms with Gasteiger partial charge in [-0.3, -0.25) is 0 Å². The predicted molar refractivity (Wildman–Crippen MR) is 55.9 cm³/mol. The first kappa shape index (κ1) is 8.32. The van der Waals surface area contributed by atoms with E-state index in [0.29, 0.717) is 5.15 Å². The number of nitrogens with two attached hydrogens (primary N) is 1. The van der Waals surface area contributed by atoms with Crippen LogP contribution in [0.15, 0.2) is 24.3 Å². The zero-order valence-corrected chi connectivity index (χ0v) is 7.97. The Kier molecular flexibility index (Phi) is 1.85. The van der Waals surface area contributed by atoms with Gasteiger partial charge >= 0.3 is 0 Å². The van der Waals surface area contributed by atoms with Crippen LogP contribution in [0, 0.1) is 6.92 Å². The number of pyridine rings is 1. The Balaban J connectivity index is 2.94. The van der Waals surface area contributed by atoms with E-state index >= 15 is 0 Å². The van der Waals surface area contributed by atoms with Crippen molar-refractivity contribution >= 4 is 28.2 Å². The maximum atomic E-state index is 5.82. The Hall–Kier alpha value is -1.28. The van der Waals surface area contributed by atoms with Crippen LogP contribution in [0.4, 0.5) is 5.69 Å². The highest BCUT2D eigenvalue weighted by molar-refractivity contribution is 6.30. The second-order valence-corrected chi connectivity index (χ2v) is 3.39. The number of anilines is 1. The second kappa shape index (κ2) is 2.89. The van der Waals surface area contributed by atoms with Crippen LogP contribution in [0.1, 0.15) is 5.56 Å². The minimum absolute atomic E-state index is 0.510. The van der Waals surface area contributed by atoms with E-state index in [4.69, 9.17) is 17.3 Å². The van der Waals surface area contributed by atoms with Crippen molar-refractivity contribution < 1.29 is 0 Å². The summed E-state index contributed by atoms with van der Waals surface area (Å²) in [5, 5.41) is 1.50. The number of halogens is 1. The van der Waals surface area contributed by atoms with E-state index in [1.807, 2.05) is 31.2 Å². The third kappa shape index (κ3) is 1.33. The van der Waals surface area contributed by atoms with Gasteiger partial charge in [0.15, 0.2) is 0 Å². The van der Waals surface area contributed by atoms with Crippen LogP contribution >= 0.6 is 11.6 Å². The minimum Gasteiger partial charge on any atom is -0.398 e. The first-order valence-electron chi connectivity index (χ1n) is 4.00. The highest BCUT2D eigenvalue weighted by Gasteiger charge is 2.03. The van der Waals surface area contributed by atoms with Gasteiger partial charge in [0.1, 0.15) is 5.15 Å². The highest BCUT2D eigenvalue weighted by atomic mass is 35.5. The molecule has 1 heterocycles. The van der Waals surface area contributed by atoms with E-state index in [2.05, 4.69) is 4.98 Å². The minimum atomic E-state index is 0.510. The Labute approximate surface area is 81.3 Å². The van der Waals surface area contributed by atoms with Crippen LogP contribution in [0.3, 0.4) is 0 Å². The summed E-state index contributed by atoms with van der Waals surface area (Å²) in [5.74, 6) is 0. The monoisotopic (exact) mass is 192 g/mol. The molecule has 0 fully saturated rings. The van der Waals surface area contributed by atoms with Crippen molar-refractivity contribution in [3.05, 3.63) is 35.0 Å². The van der Waals surface area contributed by atoms with E-state index in [1.165, 1.54) is 0 Å². The lowest BCUT2D eigenvalue weighted by atomic mass is 10.1. The zero-order valence-electron chi connectivity index (χ0n) is 7.21. The average molecular weight is 193 g/mol. The number of nitrogens with zero attached hydrogens (tertiary/aromatic N) is 1. The molecule has 2 N–H and O–H groups in total. The summed E-state index contributed by atoms with van der Waals surface area (Å²) in [6.45, 7) is 1.98. The summed E-state index contributed by atoms with van der Waals surface area (Å²) >= 11 is 5.82. The number of hydrogen-bond donors (Lipinski definition) is 1. The number of aryl methyl sites for hydroxylation is 1. The molecule has 0 saturated heterocycles. The van der Waals surface area contributed by atoms with Gasteiger partial charge in [-0.15, -0.1) is 0 Å². The third-order valence-corrected chi connectivity index (χ3v) is 2.23. The van der Waals surface area contributed by atoms with Crippen molar-refractivity contribution in [3.63, 3.8) is 0 Å². The first-order valence-corrected chi connectivity index (χ1v) is 4.37. The fourth-order valence-corrected chi connectivity index (χ4v) is 1.73. The van der Waals surface area contributed by atoms with Crippen LogP contribution in [-0.2, 0) is 0 Å². The molecule has 0 bridgehead atoms. The number of aromatic nitrogens is 1. The molecule has 0 unspecified atom stereocenters. The van der Waals surface area contributed by atoms with Crippen LogP contribution in [-0.4, -0.2) is 4.98 Å². The van der Waals surface area contributed by atoms with Crippen molar-refractivity contribution in [2.24, 2.45) is 0 Å². The Morgan fingerprint density at radius 3 is 2.92 bits per heavy atom. The van der Waals surface area contributed by atoms with Crippen molar-refractivity contribution in [1.82, 2.24) is 4.98 Å². The molecule has 66 valence electrons.